The first kappa shape index (κ1) is 36.3. The van der Waals surface area contributed by atoms with Gasteiger partial charge >= 0.3 is 6.18 Å². The number of primary amides is 1. The highest BCUT2D eigenvalue weighted by molar-refractivity contribution is 7.92. The van der Waals surface area contributed by atoms with Crippen molar-refractivity contribution in [3.8, 4) is 17.0 Å². The number of amides is 1. The van der Waals surface area contributed by atoms with E-state index in [1.54, 1.807) is 13.0 Å². The molecule has 4 N–H and O–H groups in total. The molecule has 0 fully saturated rings. The van der Waals surface area contributed by atoms with Crippen LogP contribution in [0.2, 0.25) is 25.7 Å². The molecule has 0 saturated carbocycles. The number of anilines is 3. The van der Waals surface area contributed by atoms with Crippen molar-refractivity contribution in [1.29, 1.82) is 0 Å². The fourth-order valence-corrected chi connectivity index (χ4v) is 6.18. The van der Waals surface area contributed by atoms with E-state index in [0.717, 1.165) is 6.04 Å². The third-order valence-electron chi connectivity index (χ3n) is 6.71. The van der Waals surface area contributed by atoms with Gasteiger partial charge in [0.1, 0.15) is 47.3 Å². The summed E-state index contributed by atoms with van der Waals surface area (Å²) in [6, 6.07) is 10.1. The minimum Gasteiger partial charge on any atom is -0.484 e. The van der Waals surface area contributed by atoms with Gasteiger partial charge in [-0.1, -0.05) is 37.8 Å². The molecular weight excluding hydrogens is 675 g/mol. The van der Waals surface area contributed by atoms with Crippen molar-refractivity contribution in [3.63, 3.8) is 0 Å². The van der Waals surface area contributed by atoms with E-state index in [0.29, 0.717) is 12.2 Å². The summed E-state index contributed by atoms with van der Waals surface area (Å²) in [5.41, 5.74) is 5.99. The average Bonchev–Trinajstić information content (AvgIpc) is 3.33. The van der Waals surface area contributed by atoms with E-state index in [2.05, 4.69) is 40.0 Å². The molecule has 0 aliphatic rings. The lowest BCUT2D eigenvalue weighted by atomic mass is 10.1. The van der Waals surface area contributed by atoms with E-state index >= 15 is 0 Å². The van der Waals surface area contributed by atoms with Crippen molar-refractivity contribution >= 4 is 41.3 Å². The number of carbonyl (C=O) groups is 1. The fourth-order valence-electron chi connectivity index (χ4n) is 4.42. The summed E-state index contributed by atoms with van der Waals surface area (Å²) >= 11 is 0. The minimum atomic E-state index is -5.02. The van der Waals surface area contributed by atoms with Crippen molar-refractivity contribution in [2.24, 2.45) is 5.73 Å². The number of sulfonamides is 1. The lowest BCUT2D eigenvalue weighted by molar-refractivity contribution is -0.106. The van der Waals surface area contributed by atoms with Crippen molar-refractivity contribution in [3.05, 3.63) is 78.0 Å². The topological polar surface area (TPSA) is 163 Å². The Kier molecular flexibility index (Phi) is 11.1. The van der Waals surface area contributed by atoms with E-state index in [9.17, 15) is 30.8 Å². The normalized spacial score (nSPS) is 12.8. The first-order valence-corrected chi connectivity index (χ1v) is 19.9. The zero-order chi connectivity index (χ0) is 35.3. The second-order valence-corrected chi connectivity index (χ2v) is 19.3. The van der Waals surface area contributed by atoms with E-state index in [1.165, 1.54) is 59.7 Å². The number of nitrogens with zero attached hydrogens (tertiary/aromatic N) is 4. The molecular formula is C30H35F4N7O5SSi. The van der Waals surface area contributed by atoms with Gasteiger partial charge in [-0.15, -0.1) is 0 Å². The molecule has 0 spiro atoms. The number of carbonyl (C=O) groups excluding carboxylic acids is 1. The molecule has 0 aliphatic carbocycles. The molecule has 258 valence electrons. The number of halogens is 4. The predicted octanol–water partition coefficient (Wildman–Crippen LogP) is 6.08. The molecule has 18 heteroatoms. The van der Waals surface area contributed by atoms with Crippen LogP contribution < -0.4 is 20.5 Å². The van der Waals surface area contributed by atoms with Gasteiger partial charge in [-0.2, -0.15) is 18.3 Å². The van der Waals surface area contributed by atoms with Crippen LogP contribution in [0.1, 0.15) is 28.9 Å². The Morgan fingerprint density at radius 2 is 1.88 bits per heavy atom. The van der Waals surface area contributed by atoms with Crippen LogP contribution in [0.4, 0.5) is 34.9 Å². The predicted molar refractivity (Wildman–Crippen MR) is 175 cm³/mol. The fraction of sp³-hybridized carbons (Fsp3) is 0.333. The molecule has 2 aromatic heterocycles. The number of aromatic nitrogens is 4. The molecule has 12 nitrogen and oxygen atoms in total. The molecule has 1 atom stereocenters. The quantitative estimate of drug-likeness (QED) is 0.0755. The monoisotopic (exact) mass is 709 g/mol. The summed E-state index contributed by atoms with van der Waals surface area (Å²) in [7, 11) is -6.37. The van der Waals surface area contributed by atoms with Crippen LogP contribution in [0.15, 0.2) is 61.1 Å². The maximum Gasteiger partial charge on any atom is 0.404 e. The smallest absolute Gasteiger partial charge is 0.404 e. The van der Waals surface area contributed by atoms with Gasteiger partial charge in [0.15, 0.2) is 5.75 Å². The van der Waals surface area contributed by atoms with Crippen LogP contribution in [0.5, 0.6) is 5.75 Å². The second-order valence-electron chi connectivity index (χ2n) is 12.0. The highest BCUT2D eigenvalue weighted by Gasteiger charge is 2.36. The molecule has 2 heterocycles. The SMILES string of the molecule is C[C@H](Oc1cc(-c2nn(COCC[Si](C)(C)C)c(Nc3cnccn3)c2C(N)=O)ccc1NS(=O)(=O)CC(F)(F)F)c1cccc(F)c1. The standard InChI is InChI=1S/C30H35F4N7O5SSi/c1-19(20-6-5-7-22(31)14-20)46-24-15-21(8-9-23(24)40-47(43,44)17-30(32,33)34)27-26(28(35)42)29(38-25-16-36-10-11-37-25)41(39-27)18-45-12-13-48(2,3)4/h5-11,14-16,19,40H,12-13,17-18H2,1-4H3,(H2,35,42)(H,37,38)/t19-/m0/s1. The Hall–Kier alpha value is -4.55. The summed E-state index contributed by atoms with van der Waals surface area (Å²) < 4.78 is 93.1. The Morgan fingerprint density at radius 1 is 1.12 bits per heavy atom. The van der Waals surface area contributed by atoms with E-state index in [-0.39, 0.29) is 46.6 Å². The number of hydrogen-bond acceptors (Lipinski definition) is 9. The zero-order valence-electron chi connectivity index (χ0n) is 26.5. The van der Waals surface area contributed by atoms with E-state index in [4.69, 9.17) is 15.2 Å². The lowest BCUT2D eigenvalue weighted by Crippen LogP contribution is -2.28. The summed E-state index contributed by atoms with van der Waals surface area (Å²) in [6.07, 6.45) is -1.62. The first-order chi connectivity index (χ1) is 22.4. The summed E-state index contributed by atoms with van der Waals surface area (Å²) in [5.74, 6) is -3.44. The van der Waals surface area contributed by atoms with Gasteiger partial charge < -0.3 is 20.5 Å². The molecule has 0 radical (unpaired) electrons. The third kappa shape index (κ3) is 10.2. The van der Waals surface area contributed by atoms with Crippen molar-refractivity contribution in [2.45, 2.75) is 51.6 Å². The molecule has 0 aliphatic heterocycles. The Balaban J connectivity index is 1.81. The van der Waals surface area contributed by atoms with Crippen LogP contribution in [-0.2, 0) is 21.5 Å². The number of nitrogens with one attached hydrogen (secondary N) is 2. The minimum absolute atomic E-state index is 0.0237. The highest BCUT2D eigenvalue weighted by Crippen LogP contribution is 2.38. The Bertz CT molecular complexity index is 1850. The van der Waals surface area contributed by atoms with Crippen LogP contribution in [0.25, 0.3) is 11.3 Å². The van der Waals surface area contributed by atoms with Crippen LogP contribution in [-0.4, -0.2) is 60.7 Å². The number of nitrogens with two attached hydrogens (primary N) is 1. The molecule has 4 aromatic rings. The second kappa shape index (κ2) is 14.7. The van der Waals surface area contributed by atoms with Gasteiger partial charge in [0, 0.05) is 32.6 Å². The van der Waals surface area contributed by atoms with Crippen LogP contribution in [0.3, 0.4) is 0 Å². The summed E-state index contributed by atoms with van der Waals surface area (Å²) in [4.78, 5) is 21.1. The highest BCUT2D eigenvalue weighted by atomic mass is 32.2. The van der Waals surface area contributed by atoms with E-state index < -0.39 is 47.9 Å². The van der Waals surface area contributed by atoms with Gasteiger partial charge in [0.25, 0.3) is 5.91 Å². The van der Waals surface area contributed by atoms with Gasteiger partial charge in [0.2, 0.25) is 10.0 Å². The number of hydrogen-bond donors (Lipinski definition) is 3. The number of alkyl halides is 3. The average molecular weight is 710 g/mol. The maximum absolute atomic E-state index is 14.0. The molecule has 0 bridgehead atoms. The molecule has 48 heavy (non-hydrogen) atoms. The lowest BCUT2D eigenvalue weighted by Gasteiger charge is -2.20. The largest absolute Gasteiger partial charge is 0.484 e. The number of ether oxygens (including phenoxy) is 2. The molecule has 1 amide bonds. The van der Waals surface area contributed by atoms with Gasteiger partial charge in [-0.3, -0.25) is 14.5 Å². The van der Waals surface area contributed by atoms with Crippen LogP contribution in [0, 0.1) is 5.82 Å². The Morgan fingerprint density at radius 3 is 2.50 bits per heavy atom. The van der Waals surface area contributed by atoms with Crippen molar-refractivity contribution in [2.75, 3.05) is 22.4 Å². The first-order valence-electron chi connectivity index (χ1n) is 14.6. The number of benzene rings is 2. The van der Waals surface area contributed by atoms with E-state index in [1.807, 2.05) is 4.72 Å². The Labute approximate surface area is 275 Å². The molecule has 0 unspecified atom stereocenters. The molecule has 0 saturated heterocycles. The zero-order valence-corrected chi connectivity index (χ0v) is 28.3. The molecule has 4 rings (SSSR count). The van der Waals surface area contributed by atoms with Gasteiger partial charge in [0.05, 0.1) is 11.9 Å². The molecule has 2 aromatic carbocycles. The third-order valence-corrected chi connectivity index (χ3v) is 9.66. The van der Waals surface area contributed by atoms with Gasteiger partial charge in [-0.25, -0.2) is 22.5 Å². The van der Waals surface area contributed by atoms with Crippen LogP contribution >= 0.6 is 0 Å². The number of rotatable bonds is 15. The van der Waals surface area contributed by atoms with Gasteiger partial charge in [-0.05, 0) is 42.8 Å². The maximum atomic E-state index is 14.0. The summed E-state index contributed by atoms with van der Waals surface area (Å²) in [6.45, 7) is 8.44. The van der Waals surface area contributed by atoms with Crippen molar-refractivity contribution in [1.82, 2.24) is 19.7 Å². The van der Waals surface area contributed by atoms with Crippen molar-refractivity contribution < 1.29 is 40.2 Å². The summed E-state index contributed by atoms with van der Waals surface area (Å²) in [5, 5.41) is 7.57.